The summed E-state index contributed by atoms with van der Waals surface area (Å²) in [6.45, 7) is 1.76. The summed E-state index contributed by atoms with van der Waals surface area (Å²) in [5.41, 5.74) is 8.23. The van der Waals surface area contributed by atoms with E-state index in [0.29, 0.717) is 59.5 Å². The highest BCUT2D eigenvalue weighted by Crippen LogP contribution is 2.33. The van der Waals surface area contributed by atoms with Gasteiger partial charge in [-0.05, 0) is 59.7 Å². The molecule has 0 spiro atoms. The van der Waals surface area contributed by atoms with Gasteiger partial charge in [-0.1, -0.05) is 12.1 Å². The summed E-state index contributed by atoms with van der Waals surface area (Å²) < 4.78 is 32.3. The molecule has 1 aromatic heterocycles. The number of hydrogen-bond donors (Lipinski definition) is 4. The fraction of sp³-hybridized carbons (Fsp3) is 0.265. The van der Waals surface area contributed by atoms with Crippen LogP contribution in [0.2, 0.25) is 0 Å². The Morgan fingerprint density at radius 1 is 1.08 bits per heavy atom. The summed E-state index contributed by atoms with van der Waals surface area (Å²) >= 11 is 0. The zero-order valence-corrected chi connectivity index (χ0v) is 26.3. The Bertz CT molecular complexity index is 1800. The maximum Gasteiger partial charge on any atom is 0.300 e. The number of carboxylic acid groups (broad SMARTS) is 1. The number of nitrogens with zero attached hydrogens (tertiary/aromatic N) is 3. The quantitative estimate of drug-likeness (QED) is 0.248. The van der Waals surface area contributed by atoms with Crippen molar-refractivity contribution in [3.63, 3.8) is 0 Å². The van der Waals surface area contributed by atoms with E-state index in [4.69, 9.17) is 29.8 Å². The topological polar surface area (TPSA) is 178 Å². The number of methoxy groups -OCH3 is 1. The number of ether oxygens (including phenoxy) is 3. The van der Waals surface area contributed by atoms with E-state index in [0.717, 1.165) is 12.5 Å². The second-order valence-corrected chi connectivity index (χ2v) is 11.1. The molecular weight excluding hydrogens is 623 g/mol. The fourth-order valence-corrected chi connectivity index (χ4v) is 5.35. The van der Waals surface area contributed by atoms with E-state index in [1.54, 1.807) is 61.8 Å². The molecule has 2 atom stereocenters. The number of halogens is 1. The number of aliphatic carboxylic acids is 1. The molecule has 0 unspecified atom stereocenters. The predicted molar refractivity (Wildman–Crippen MR) is 174 cm³/mol. The first kappa shape index (κ1) is 33.4. The minimum absolute atomic E-state index is 0.0742. The van der Waals surface area contributed by atoms with Crippen molar-refractivity contribution in [1.29, 1.82) is 0 Å². The van der Waals surface area contributed by atoms with Gasteiger partial charge >= 0.3 is 0 Å². The Balaban J connectivity index is 0.00000107. The Labute approximate surface area is 275 Å². The molecule has 13 nitrogen and oxygen atoms in total. The van der Waals surface area contributed by atoms with Gasteiger partial charge in [0.25, 0.3) is 17.8 Å². The lowest BCUT2D eigenvalue weighted by Gasteiger charge is -2.39. The third kappa shape index (κ3) is 8.66. The van der Waals surface area contributed by atoms with E-state index in [2.05, 4.69) is 20.6 Å². The van der Waals surface area contributed by atoms with Crippen LogP contribution >= 0.6 is 0 Å². The summed E-state index contributed by atoms with van der Waals surface area (Å²) in [6, 6.07) is 17.7. The molecule has 2 aliphatic rings. The zero-order valence-electron chi connectivity index (χ0n) is 26.3. The summed E-state index contributed by atoms with van der Waals surface area (Å²) in [4.78, 5) is 46.0. The summed E-state index contributed by atoms with van der Waals surface area (Å²) in [5, 5.41) is 13.3. The van der Waals surface area contributed by atoms with Crippen molar-refractivity contribution in [3.05, 3.63) is 89.9 Å². The molecule has 1 saturated heterocycles. The Morgan fingerprint density at radius 3 is 2.67 bits per heavy atom. The van der Waals surface area contributed by atoms with Crippen molar-refractivity contribution in [2.45, 2.75) is 32.0 Å². The Morgan fingerprint density at radius 2 is 1.90 bits per heavy atom. The van der Waals surface area contributed by atoms with E-state index >= 15 is 0 Å². The number of fused-ring (bicyclic) bond motifs is 8. The highest BCUT2D eigenvalue weighted by Gasteiger charge is 2.34. The summed E-state index contributed by atoms with van der Waals surface area (Å²) in [7, 11) is 1.55. The lowest BCUT2D eigenvalue weighted by molar-refractivity contribution is -0.134. The third-order valence-electron chi connectivity index (χ3n) is 7.50. The lowest BCUT2D eigenvalue weighted by Crippen LogP contribution is -2.57. The molecule has 6 bridgehead atoms. The van der Waals surface area contributed by atoms with Gasteiger partial charge in [-0.2, -0.15) is 4.98 Å². The van der Waals surface area contributed by atoms with Crippen molar-refractivity contribution in [1.82, 2.24) is 20.6 Å². The second kappa shape index (κ2) is 15.1. The normalized spacial score (nSPS) is 17.6. The number of anilines is 2. The number of carbonyl (C=O) groups is 3. The first-order valence-electron chi connectivity index (χ1n) is 15.1. The number of amides is 2. The van der Waals surface area contributed by atoms with Gasteiger partial charge in [0.1, 0.15) is 35.0 Å². The molecular formula is C34H35FN6O7. The van der Waals surface area contributed by atoms with Crippen LogP contribution in [0.25, 0.3) is 11.1 Å². The van der Waals surface area contributed by atoms with Crippen molar-refractivity contribution in [3.8, 4) is 28.4 Å². The number of nitrogens with two attached hydrogens (primary N) is 1. The van der Waals surface area contributed by atoms with Crippen LogP contribution in [-0.4, -0.2) is 71.8 Å². The van der Waals surface area contributed by atoms with Crippen LogP contribution in [0.1, 0.15) is 29.3 Å². The molecule has 0 saturated carbocycles. The van der Waals surface area contributed by atoms with Gasteiger partial charge in [0, 0.05) is 56.4 Å². The van der Waals surface area contributed by atoms with Gasteiger partial charge in [0.05, 0.1) is 13.2 Å². The van der Waals surface area contributed by atoms with Crippen molar-refractivity contribution in [2.24, 2.45) is 0 Å². The third-order valence-corrected chi connectivity index (χ3v) is 7.50. The van der Waals surface area contributed by atoms with Crippen LogP contribution in [-0.2, 0) is 16.1 Å². The van der Waals surface area contributed by atoms with Gasteiger partial charge in [0.15, 0.2) is 6.61 Å². The number of nitrogen functional groups attached to an aromatic ring is 1. The number of piperidine rings is 1. The van der Waals surface area contributed by atoms with Crippen LogP contribution in [0.15, 0.2) is 72.9 Å². The van der Waals surface area contributed by atoms with Crippen molar-refractivity contribution in [2.75, 3.05) is 37.4 Å². The smallest absolute Gasteiger partial charge is 0.300 e. The van der Waals surface area contributed by atoms with Gasteiger partial charge < -0.3 is 40.6 Å². The molecule has 14 heteroatoms. The van der Waals surface area contributed by atoms with Crippen LogP contribution in [0.4, 0.5) is 16.2 Å². The van der Waals surface area contributed by atoms with E-state index in [-0.39, 0.29) is 30.7 Å². The SMILES string of the molecule is CC(=O)O.COc1ccc2cc1-c1cccc(c1)OCC(=O)NCc1cc(F)cc(c1)O[C@@H]1CCN(c3nccc(N)n3)C[C@H]1NC2=O. The van der Waals surface area contributed by atoms with E-state index in [9.17, 15) is 14.0 Å². The van der Waals surface area contributed by atoms with Gasteiger partial charge in [-0.25, -0.2) is 9.37 Å². The second-order valence-electron chi connectivity index (χ2n) is 11.1. The molecule has 4 aromatic rings. The van der Waals surface area contributed by atoms with Gasteiger partial charge in [0.2, 0.25) is 5.95 Å². The maximum atomic E-state index is 14.7. The predicted octanol–water partition coefficient (Wildman–Crippen LogP) is 3.43. The average Bonchev–Trinajstić information content (AvgIpc) is 3.06. The molecule has 0 radical (unpaired) electrons. The molecule has 3 heterocycles. The lowest BCUT2D eigenvalue weighted by atomic mass is 9.99. The number of carboxylic acids is 1. The van der Waals surface area contributed by atoms with Crippen LogP contribution in [0, 0.1) is 5.82 Å². The Hall–Kier alpha value is -5.92. The molecule has 250 valence electrons. The Kier molecular flexibility index (Phi) is 10.5. The molecule has 2 aliphatic heterocycles. The average molecular weight is 659 g/mol. The number of hydrogen-bond acceptors (Lipinski definition) is 10. The monoisotopic (exact) mass is 658 g/mol. The minimum atomic E-state index is -0.833. The molecule has 0 aliphatic carbocycles. The van der Waals surface area contributed by atoms with Gasteiger partial charge in [-0.3, -0.25) is 14.4 Å². The highest BCUT2D eigenvalue weighted by atomic mass is 19.1. The van der Waals surface area contributed by atoms with E-state index < -0.39 is 23.9 Å². The van der Waals surface area contributed by atoms with Gasteiger partial charge in [-0.15, -0.1) is 0 Å². The number of benzene rings is 3. The maximum absolute atomic E-state index is 14.7. The molecule has 2 amide bonds. The fourth-order valence-electron chi connectivity index (χ4n) is 5.35. The molecule has 1 fully saturated rings. The zero-order chi connectivity index (χ0) is 34.2. The number of nitrogens with one attached hydrogen (secondary N) is 2. The molecule has 48 heavy (non-hydrogen) atoms. The van der Waals surface area contributed by atoms with Crippen LogP contribution in [0.3, 0.4) is 0 Å². The number of carbonyl (C=O) groups excluding carboxylic acids is 2. The number of aromatic nitrogens is 2. The molecule has 6 rings (SSSR count). The molecule has 5 N–H and O–H groups in total. The van der Waals surface area contributed by atoms with Crippen LogP contribution in [0.5, 0.6) is 17.2 Å². The first-order valence-corrected chi connectivity index (χ1v) is 15.1. The van der Waals surface area contributed by atoms with Crippen molar-refractivity contribution < 1.29 is 38.1 Å². The minimum Gasteiger partial charge on any atom is -0.496 e. The van der Waals surface area contributed by atoms with Crippen molar-refractivity contribution >= 4 is 29.5 Å². The van der Waals surface area contributed by atoms with E-state index in [1.165, 1.54) is 12.1 Å². The largest absolute Gasteiger partial charge is 0.496 e. The summed E-state index contributed by atoms with van der Waals surface area (Å²) in [6.07, 6.45) is 1.55. The molecule has 3 aromatic carbocycles. The van der Waals surface area contributed by atoms with Crippen LogP contribution < -0.4 is 35.5 Å². The summed E-state index contributed by atoms with van der Waals surface area (Å²) in [5.74, 6) is 0.0268. The number of rotatable bonds is 2. The first-order chi connectivity index (χ1) is 23.1. The highest BCUT2D eigenvalue weighted by molar-refractivity contribution is 5.96. The standard InChI is InChI=1S/C32H31FN6O5.C2H4O2/c1-42-27-6-5-21-14-25(27)20-3-2-4-23(13-20)43-18-30(40)36-16-19-11-22(33)15-24(12-19)44-28-8-10-39(17-26(28)37-31(21)41)32-35-9-7-29(34)38-32;1-2(3)4/h2-7,9,11-15,26,28H,8,10,16-18H2,1H3,(H,36,40)(H,37,41)(H2,34,35,38);1H3,(H,3,4)/t26-,28-;/m1./s1. The van der Waals surface area contributed by atoms with E-state index in [1.807, 2.05) is 11.0 Å².